The highest BCUT2D eigenvalue weighted by Gasteiger charge is 2.29. The van der Waals surface area contributed by atoms with Crippen molar-refractivity contribution in [2.24, 2.45) is 0 Å². The molecule has 11 heteroatoms. The normalized spacial score (nSPS) is 16.1. The summed E-state index contributed by atoms with van der Waals surface area (Å²) in [4.78, 5) is 15.1. The second-order valence-electron chi connectivity index (χ2n) is 8.99. The first-order valence-electron chi connectivity index (χ1n) is 11.9. The number of pyridine rings is 1. The van der Waals surface area contributed by atoms with Gasteiger partial charge in [-0.05, 0) is 37.3 Å². The van der Waals surface area contributed by atoms with E-state index < -0.39 is 21.7 Å². The smallest absolute Gasteiger partial charge is 0.243 e. The van der Waals surface area contributed by atoms with Crippen LogP contribution in [0.5, 0.6) is 0 Å². The lowest BCUT2D eigenvalue weighted by molar-refractivity contribution is 0.184. The number of para-hydroxylation sites is 1. The van der Waals surface area contributed by atoms with E-state index in [1.807, 2.05) is 37.3 Å². The van der Waals surface area contributed by atoms with Gasteiger partial charge in [-0.25, -0.2) is 27.2 Å². The van der Waals surface area contributed by atoms with Gasteiger partial charge in [0.05, 0.1) is 10.4 Å². The molecule has 0 unspecified atom stereocenters. The zero-order valence-electron chi connectivity index (χ0n) is 20.2. The van der Waals surface area contributed by atoms with Crippen molar-refractivity contribution in [1.29, 1.82) is 0 Å². The first-order valence-corrected chi connectivity index (χ1v) is 13.3. The number of sulfonamides is 1. The van der Waals surface area contributed by atoms with Crippen LogP contribution in [0.25, 0.3) is 22.0 Å². The van der Waals surface area contributed by atoms with Gasteiger partial charge < -0.3 is 5.32 Å². The number of hydrogen-bond acceptors (Lipinski definition) is 7. The molecule has 0 amide bonds. The van der Waals surface area contributed by atoms with E-state index in [4.69, 9.17) is 0 Å². The standard InChI is InChI=1S/C26H26F2N6O2S/c1-18(16-33-10-12-34(13-11-33)37(35,36)20-7-8-23(27)24(28)14-20)32-26-22-6-2-5-21(25(22)30-17-31-26)19-4-3-9-29-15-19/h2-9,14-15,17-18H,10-13,16H2,1H3,(H,30,31,32)/t18-/m0/s1. The highest BCUT2D eigenvalue weighted by molar-refractivity contribution is 7.89. The maximum atomic E-state index is 13.6. The third kappa shape index (κ3) is 5.29. The molecule has 37 heavy (non-hydrogen) atoms. The Kier molecular flexibility index (Phi) is 7.09. The van der Waals surface area contributed by atoms with E-state index in [1.165, 1.54) is 4.31 Å². The third-order valence-electron chi connectivity index (χ3n) is 6.41. The summed E-state index contributed by atoms with van der Waals surface area (Å²) in [6, 6.07) is 12.5. The Morgan fingerprint density at radius 1 is 1.00 bits per heavy atom. The van der Waals surface area contributed by atoms with Crippen LogP contribution in [-0.2, 0) is 10.0 Å². The molecule has 1 aliphatic heterocycles. The Morgan fingerprint density at radius 2 is 1.81 bits per heavy atom. The van der Waals surface area contributed by atoms with Gasteiger partial charge in [-0.1, -0.05) is 18.2 Å². The van der Waals surface area contributed by atoms with Gasteiger partial charge in [0.25, 0.3) is 0 Å². The van der Waals surface area contributed by atoms with E-state index in [9.17, 15) is 17.2 Å². The number of rotatable bonds is 7. The van der Waals surface area contributed by atoms with Gasteiger partial charge in [0, 0.05) is 67.7 Å². The van der Waals surface area contributed by atoms with Gasteiger partial charge >= 0.3 is 0 Å². The van der Waals surface area contributed by atoms with Crippen LogP contribution in [0.15, 0.2) is 72.1 Å². The maximum absolute atomic E-state index is 13.6. The summed E-state index contributed by atoms with van der Waals surface area (Å²) >= 11 is 0. The average Bonchev–Trinajstić information content (AvgIpc) is 2.91. The first-order chi connectivity index (χ1) is 17.8. The van der Waals surface area contributed by atoms with Crippen LogP contribution in [0.2, 0.25) is 0 Å². The Hall–Kier alpha value is -3.54. The van der Waals surface area contributed by atoms with Crippen molar-refractivity contribution in [2.75, 3.05) is 38.0 Å². The Bertz CT molecular complexity index is 1510. The Balaban J connectivity index is 1.24. The summed E-state index contributed by atoms with van der Waals surface area (Å²) in [6.45, 7) is 4.28. The Labute approximate surface area is 214 Å². The summed E-state index contributed by atoms with van der Waals surface area (Å²) < 4.78 is 53.9. The van der Waals surface area contributed by atoms with Crippen LogP contribution in [0.1, 0.15) is 6.92 Å². The summed E-state index contributed by atoms with van der Waals surface area (Å²) in [5, 5.41) is 4.37. The van der Waals surface area contributed by atoms with E-state index in [2.05, 4.69) is 25.2 Å². The van der Waals surface area contributed by atoms with E-state index >= 15 is 0 Å². The highest BCUT2D eigenvalue weighted by Crippen LogP contribution is 2.29. The number of piperazine rings is 1. The number of hydrogen-bond donors (Lipinski definition) is 1. The number of anilines is 1. The zero-order chi connectivity index (χ0) is 26.0. The number of fused-ring (bicyclic) bond motifs is 1. The van der Waals surface area contributed by atoms with E-state index in [1.54, 1.807) is 18.7 Å². The summed E-state index contributed by atoms with van der Waals surface area (Å²) in [7, 11) is -3.89. The fourth-order valence-electron chi connectivity index (χ4n) is 4.56. The van der Waals surface area contributed by atoms with Crippen molar-refractivity contribution in [3.05, 3.63) is 78.9 Å². The molecule has 8 nitrogen and oxygen atoms in total. The lowest BCUT2D eigenvalue weighted by atomic mass is 10.0. The number of benzene rings is 2. The van der Waals surface area contributed by atoms with Crippen molar-refractivity contribution in [3.63, 3.8) is 0 Å². The minimum atomic E-state index is -3.89. The van der Waals surface area contributed by atoms with Gasteiger partial charge in [0.2, 0.25) is 10.0 Å². The zero-order valence-corrected chi connectivity index (χ0v) is 21.0. The van der Waals surface area contributed by atoms with Crippen LogP contribution in [0, 0.1) is 11.6 Å². The molecule has 5 rings (SSSR count). The second-order valence-corrected chi connectivity index (χ2v) is 10.9. The Morgan fingerprint density at radius 3 is 2.54 bits per heavy atom. The van der Waals surface area contributed by atoms with Crippen molar-refractivity contribution in [1.82, 2.24) is 24.2 Å². The van der Waals surface area contributed by atoms with Crippen LogP contribution in [-0.4, -0.2) is 71.3 Å². The molecule has 0 spiro atoms. The monoisotopic (exact) mass is 524 g/mol. The summed E-state index contributed by atoms with van der Waals surface area (Å²) in [6.07, 6.45) is 5.08. The average molecular weight is 525 g/mol. The van der Waals surface area contributed by atoms with Crippen molar-refractivity contribution in [3.8, 4) is 11.1 Å². The fourth-order valence-corrected chi connectivity index (χ4v) is 6.00. The molecule has 1 atom stereocenters. The van der Waals surface area contributed by atoms with Crippen LogP contribution in [0.3, 0.4) is 0 Å². The SMILES string of the molecule is C[C@@H](CN1CCN(S(=O)(=O)c2ccc(F)c(F)c2)CC1)Nc1ncnc2c(-c3cccnc3)cccc12. The molecule has 1 N–H and O–H groups in total. The van der Waals surface area contributed by atoms with Crippen molar-refractivity contribution >= 4 is 26.7 Å². The lowest BCUT2D eigenvalue weighted by Gasteiger charge is -2.35. The number of nitrogens with zero attached hydrogens (tertiary/aromatic N) is 5. The van der Waals surface area contributed by atoms with Gasteiger partial charge in [0.1, 0.15) is 12.1 Å². The molecule has 2 aromatic carbocycles. The number of nitrogens with one attached hydrogen (secondary N) is 1. The summed E-state index contributed by atoms with van der Waals surface area (Å²) in [5.74, 6) is -1.53. The van der Waals surface area contributed by atoms with Crippen LogP contribution < -0.4 is 5.32 Å². The molecule has 0 saturated carbocycles. The second kappa shape index (κ2) is 10.4. The van der Waals surface area contributed by atoms with Crippen molar-refractivity contribution < 1.29 is 17.2 Å². The first kappa shape index (κ1) is 25.1. The molecular weight excluding hydrogens is 498 g/mol. The van der Waals surface area contributed by atoms with Gasteiger partial charge in [0.15, 0.2) is 11.6 Å². The van der Waals surface area contributed by atoms with Gasteiger partial charge in [-0.2, -0.15) is 4.31 Å². The lowest BCUT2D eigenvalue weighted by Crippen LogP contribution is -2.50. The predicted molar refractivity (Wildman–Crippen MR) is 137 cm³/mol. The predicted octanol–water partition coefficient (Wildman–Crippen LogP) is 3.78. The van der Waals surface area contributed by atoms with E-state index in [-0.39, 0.29) is 24.0 Å². The molecule has 192 valence electrons. The molecule has 1 saturated heterocycles. The molecule has 1 aliphatic rings. The fraction of sp³-hybridized carbons (Fsp3) is 0.269. The van der Waals surface area contributed by atoms with Crippen molar-refractivity contribution in [2.45, 2.75) is 17.9 Å². The third-order valence-corrected chi connectivity index (χ3v) is 8.31. The quantitative estimate of drug-likeness (QED) is 0.394. The van der Waals surface area contributed by atoms with E-state index in [0.29, 0.717) is 19.6 Å². The number of aromatic nitrogens is 3. The molecule has 0 bridgehead atoms. The maximum Gasteiger partial charge on any atom is 0.243 e. The molecule has 4 aromatic rings. The van der Waals surface area contributed by atoms with Crippen LogP contribution >= 0.6 is 0 Å². The summed E-state index contributed by atoms with van der Waals surface area (Å²) in [5.41, 5.74) is 2.78. The number of halogens is 2. The minimum absolute atomic E-state index is 0.0227. The largest absolute Gasteiger partial charge is 0.366 e. The van der Waals surface area contributed by atoms with Gasteiger partial charge in [-0.15, -0.1) is 0 Å². The topological polar surface area (TPSA) is 91.3 Å². The highest BCUT2D eigenvalue weighted by atomic mass is 32.2. The molecule has 0 aliphatic carbocycles. The minimum Gasteiger partial charge on any atom is -0.366 e. The van der Waals surface area contributed by atoms with Crippen LogP contribution in [0.4, 0.5) is 14.6 Å². The molecule has 2 aromatic heterocycles. The molecular formula is C26H26F2N6O2S. The molecule has 0 radical (unpaired) electrons. The molecule has 1 fully saturated rings. The van der Waals surface area contributed by atoms with Gasteiger partial charge in [-0.3, -0.25) is 9.88 Å². The van der Waals surface area contributed by atoms with E-state index in [0.717, 1.165) is 46.0 Å². The molecule has 3 heterocycles.